The first-order valence-electron chi connectivity index (χ1n) is 7.74. The first kappa shape index (κ1) is 18.5. The average molecular weight is 345 g/mol. The lowest BCUT2D eigenvalue weighted by molar-refractivity contribution is 0.0600. The van der Waals surface area contributed by atoms with E-state index in [1.165, 1.54) is 7.11 Å². The lowest BCUT2D eigenvalue weighted by Gasteiger charge is -2.28. The maximum absolute atomic E-state index is 12.6. The lowest BCUT2D eigenvalue weighted by Crippen LogP contribution is -2.41. The van der Waals surface area contributed by atoms with Crippen LogP contribution in [0.1, 0.15) is 48.3 Å². The van der Waals surface area contributed by atoms with Crippen molar-refractivity contribution in [2.45, 2.75) is 31.6 Å². The number of methoxy groups -OCH3 is 1. The fraction of sp³-hybridized carbons (Fsp3) is 0.316. The van der Waals surface area contributed by atoms with Crippen molar-refractivity contribution in [3.63, 3.8) is 0 Å². The number of carbonyl (C=O) groups excluding carboxylic acids is 1. The molecule has 0 aliphatic carbocycles. The number of ether oxygens (including phenoxy) is 1. The molecule has 0 fully saturated rings. The Morgan fingerprint density at radius 3 is 2.08 bits per heavy atom. The molecule has 128 valence electrons. The highest BCUT2D eigenvalue weighted by atomic mass is 32.2. The number of esters is 1. The quantitative estimate of drug-likeness (QED) is 0.664. The van der Waals surface area contributed by atoms with Gasteiger partial charge in [0, 0.05) is 11.4 Å². The van der Waals surface area contributed by atoms with E-state index < -0.39 is 11.4 Å². The maximum atomic E-state index is 12.6. The molecule has 0 spiro atoms. The number of hydrogen-bond donors (Lipinski definition) is 1. The van der Waals surface area contributed by atoms with Crippen LogP contribution in [0.3, 0.4) is 0 Å². The van der Waals surface area contributed by atoms with Gasteiger partial charge in [-0.05, 0) is 44.0 Å². The van der Waals surface area contributed by atoms with Gasteiger partial charge in [-0.15, -0.1) is 4.72 Å². The fourth-order valence-corrected chi connectivity index (χ4v) is 3.03. The predicted octanol–water partition coefficient (Wildman–Crippen LogP) is 3.61. The van der Waals surface area contributed by atoms with Gasteiger partial charge >= 0.3 is 5.97 Å². The predicted molar refractivity (Wildman–Crippen MR) is 97.1 cm³/mol. The summed E-state index contributed by atoms with van der Waals surface area (Å²) in [6.07, 6.45) is 0. The van der Waals surface area contributed by atoms with E-state index in [9.17, 15) is 9.35 Å². The van der Waals surface area contributed by atoms with Crippen molar-refractivity contribution >= 4 is 17.3 Å². The molecule has 2 aromatic carbocycles. The van der Waals surface area contributed by atoms with E-state index in [1.54, 1.807) is 12.1 Å². The summed E-state index contributed by atoms with van der Waals surface area (Å²) in [5, 5.41) is 0. The number of hydrogen-bond acceptors (Lipinski definition) is 4. The van der Waals surface area contributed by atoms with Crippen LogP contribution in [0.2, 0.25) is 0 Å². The van der Waals surface area contributed by atoms with Crippen LogP contribution in [-0.4, -0.2) is 22.4 Å². The summed E-state index contributed by atoms with van der Waals surface area (Å²) in [6.45, 7) is 5.79. The minimum Gasteiger partial charge on any atom is -0.598 e. The molecule has 2 atom stereocenters. The summed E-state index contributed by atoms with van der Waals surface area (Å²) < 4.78 is 20.1. The number of rotatable bonds is 5. The van der Waals surface area contributed by atoms with Crippen LogP contribution in [0.5, 0.6) is 0 Å². The van der Waals surface area contributed by atoms with Gasteiger partial charge in [-0.1, -0.05) is 42.5 Å². The molecule has 1 N–H and O–H groups in total. The van der Waals surface area contributed by atoms with Gasteiger partial charge in [0.1, 0.15) is 10.8 Å². The summed E-state index contributed by atoms with van der Waals surface area (Å²) in [4.78, 5) is 11.6. The zero-order valence-electron chi connectivity index (χ0n) is 14.4. The molecule has 4 nitrogen and oxygen atoms in total. The van der Waals surface area contributed by atoms with Crippen LogP contribution in [0.25, 0.3) is 0 Å². The molecule has 2 rings (SSSR count). The SMILES string of the molecule is COC(=O)c1ccc([C@H](N[S@@+]([O-])C(C)(C)C)c2ccccc2)cc1. The van der Waals surface area contributed by atoms with Crippen LogP contribution < -0.4 is 4.72 Å². The standard InChI is InChI=1S/C19H23NO3S/c1-19(2,3)24(22)20-17(14-8-6-5-7-9-14)15-10-12-16(13-11-15)18(21)23-4/h5-13,17,20H,1-4H3/t17-,24+/m1/s1. The average Bonchev–Trinajstić information content (AvgIpc) is 2.59. The van der Waals surface area contributed by atoms with Crippen molar-refractivity contribution in [1.29, 1.82) is 0 Å². The Hall–Kier alpha value is -1.82. The minimum atomic E-state index is -1.23. The van der Waals surface area contributed by atoms with Gasteiger partial charge in [0.15, 0.2) is 0 Å². The molecular formula is C19H23NO3S. The minimum absolute atomic E-state index is 0.224. The lowest BCUT2D eigenvalue weighted by atomic mass is 9.99. The summed E-state index contributed by atoms with van der Waals surface area (Å²) >= 11 is -1.23. The number of benzene rings is 2. The largest absolute Gasteiger partial charge is 0.598 e. The molecule has 24 heavy (non-hydrogen) atoms. The third-order valence-corrected chi connectivity index (χ3v) is 5.14. The van der Waals surface area contributed by atoms with Gasteiger partial charge in [0.25, 0.3) is 0 Å². The van der Waals surface area contributed by atoms with Gasteiger partial charge in [0.2, 0.25) is 0 Å². The molecule has 0 aromatic heterocycles. The fourth-order valence-electron chi connectivity index (χ4n) is 2.19. The van der Waals surface area contributed by atoms with E-state index in [4.69, 9.17) is 4.74 Å². The normalized spacial score (nSPS) is 14.0. The number of nitrogens with one attached hydrogen (secondary N) is 1. The van der Waals surface area contributed by atoms with Gasteiger partial charge < -0.3 is 9.29 Å². The molecular weight excluding hydrogens is 322 g/mol. The molecule has 0 amide bonds. The second-order valence-corrected chi connectivity index (χ2v) is 8.45. The smallest absolute Gasteiger partial charge is 0.337 e. The molecule has 5 heteroatoms. The van der Waals surface area contributed by atoms with Crippen molar-refractivity contribution < 1.29 is 14.1 Å². The third-order valence-electron chi connectivity index (χ3n) is 3.58. The summed E-state index contributed by atoms with van der Waals surface area (Å²) in [5.41, 5.74) is 2.44. The molecule has 0 bridgehead atoms. The van der Waals surface area contributed by atoms with Crippen molar-refractivity contribution in [3.05, 3.63) is 71.3 Å². The highest BCUT2D eigenvalue weighted by Crippen LogP contribution is 2.26. The third kappa shape index (κ3) is 4.60. The first-order chi connectivity index (χ1) is 11.3. The van der Waals surface area contributed by atoms with E-state index in [0.717, 1.165) is 11.1 Å². The molecule has 0 saturated heterocycles. The van der Waals surface area contributed by atoms with Crippen LogP contribution >= 0.6 is 0 Å². The van der Waals surface area contributed by atoms with E-state index in [2.05, 4.69) is 4.72 Å². The molecule has 0 radical (unpaired) electrons. The second-order valence-electron chi connectivity index (χ2n) is 6.46. The maximum Gasteiger partial charge on any atom is 0.337 e. The number of carbonyl (C=O) groups is 1. The van der Waals surface area contributed by atoms with Crippen molar-refractivity contribution in [1.82, 2.24) is 4.72 Å². The van der Waals surface area contributed by atoms with Gasteiger partial charge in [-0.3, -0.25) is 0 Å². The molecule has 2 aromatic rings. The molecule has 0 unspecified atom stereocenters. The Kier molecular flexibility index (Phi) is 6.04. The Labute approximate surface area is 146 Å². The molecule has 0 heterocycles. The van der Waals surface area contributed by atoms with Crippen molar-refractivity contribution in [2.24, 2.45) is 0 Å². The van der Waals surface area contributed by atoms with Crippen molar-refractivity contribution in [2.75, 3.05) is 7.11 Å². The summed E-state index contributed by atoms with van der Waals surface area (Å²) in [6, 6.07) is 16.8. The molecule has 0 aliphatic heterocycles. The van der Waals surface area contributed by atoms with Crippen LogP contribution in [0, 0.1) is 0 Å². The van der Waals surface area contributed by atoms with Gasteiger partial charge in [-0.2, -0.15) is 0 Å². The molecule has 0 aliphatic rings. The Balaban J connectivity index is 2.34. The Bertz CT molecular complexity index is 665. The van der Waals surface area contributed by atoms with Crippen LogP contribution in [-0.2, 0) is 16.1 Å². The highest BCUT2D eigenvalue weighted by molar-refractivity contribution is 7.90. The van der Waals surface area contributed by atoms with E-state index in [1.807, 2.05) is 63.2 Å². The first-order valence-corrected chi connectivity index (χ1v) is 8.89. The van der Waals surface area contributed by atoms with E-state index in [-0.39, 0.29) is 16.8 Å². The Morgan fingerprint density at radius 1 is 1.04 bits per heavy atom. The monoisotopic (exact) mass is 345 g/mol. The van der Waals surface area contributed by atoms with Gasteiger partial charge in [-0.25, -0.2) is 4.79 Å². The topological polar surface area (TPSA) is 61.4 Å². The zero-order valence-corrected chi connectivity index (χ0v) is 15.2. The van der Waals surface area contributed by atoms with Crippen LogP contribution in [0.15, 0.2) is 54.6 Å². The van der Waals surface area contributed by atoms with E-state index in [0.29, 0.717) is 5.56 Å². The Morgan fingerprint density at radius 2 is 1.58 bits per heavy atom. The van der Waals surface area contributed by atoms with Gasteiger partial charge in [0.05, 0.1) is 12.7 Å². The summed E-state index contributed by atoms with van der Waals surface area (Å²) in [5.74, 6) is -0.371. The molecule has 0 saturated carbocycles. The highest BCUT2D eigenvalue weighted by Gasteiger charge is 2.30. The zero-order chi connectivity index (χ0) is 17.7. The van der Waals surface area contributed by atoms with Crippen LogP contribution in [0.4, 0.5) is 0 Å². The van der Waals surface area contributed by atoms with E-state index >= 15 is 0 Å². The second kappa shape index (κ2) is 7.83. The summed E-state index contributed by atoms with van der Waals surface area (Å²) in [7, 11) is 1.36. The van der Waals surface area contributed by atoms with Crippen molar-refractivity contribution in [3.8, 4) is 0 Å².